The van der Waals surface area contributed by atoms with Gasteiger partial charge in [0.1, 0.15) is 0 Å². The van der Waals surface area contributed by atoms with Gasteiger partial charge in [0.2, 0.25) is 0 Å². The molecule has 1 aromatic rings. The molecule has 3 heteroatoms. The van der Waals surface area contributed by atoms with Crippen molar-refractivity contribution >= 4 is 5.91 Å². The molecule has 1 heterocycles. The molecule has 0 saturated heterocycles. The summed E-state index contributed by atoms with van der Waals surface area (Å²) in [6.07, 6.45) is 3.18. The molecule has 0 aromatic heterocycles. The highest BCUT2D eigenvalue weighted by Gasteiger charge is 2.43. The van der Waals surface area contributed by atoms with E-state index in [-0.39, 0.29) is 11.9 Å². The third-order valence-corrected chi connectivity index (χ3v) is 3.50. The third-order valence-electron chi connectivity index (χ3n) is 3.50. The van der Waals surface area contributed by atoms with Gasteiger partial charge in [0.25, 0.3) is 5.91 Å². The second-order valence-electron chi connectivity index (χ2n) is 4.62. The topological polar surface area (TPSA) is 46.3 Å². The molecule has 2 N–H and O–H groups in total. The minimum absolute atomic E-state index is 0.205. The van der Waals surface area contributed by atoms with E-state index in [4.69, 9.17) is 5.73 Å². The van der Waals surface area contributed by atoms with Gasteiger partial charge >= 0.3 is 0 Å². The zero-order chi connectivity index (χ0) is 11.1. The van der Waals surface area contributed by atoms with Crippen LogP contribution in [0, 0.1) is 0 Å². The Balaban J connectivity index is 2.01. The Morgan fingerprint density at radius 1 is 1.31 bits per heavy atom. The van der Waals surface area contributed by atoms with Crippen molar-refractivity contribution in [1.29, 1.82) is 0 Å². The minimum atomic E-state index is 0.205. The molecule has 3 rings (SSSR count). The molecule has 2 aliphatic rings. The van der Waals surface area contributed by atoms with Crippen LogP contribution in [-0.2, 0) is 0 Å². The van der Waals surface area contributed by atoms with Crippen molar-refractivity contribution in [2.45, 2.75) is 31.3 Å². The molecule has 1 aromatic carbocycles. The van der Waals surface area contributed by atoms with E-state index < -0.39 is 0 Å². The number of carbonyl (C=O) groups excluding carboxylic acids is 1. The van der Waals surface area contributed by atoms with Crippen molar-refractivity contribution in [2.24, 2.45) is 5.73 Å². The van der Waals surface area contributed by atoms with E-state index in [1.54, 1.807) is 0 Å². The predicted molar refractivity (Wildman–Crippen MR) is 62.0 cm³/mol. The van der Waals surface area contributed by atoms with Crippen LogP contribution in [0.25, 0.3) is 0 Å². The SMILES string of the molecule is NCCC1c2ccccc2C(=O)N1C1CC1. The molecule has 0 radical (unpaired) electrons. The molecule has 1 fully saturated rings. The van der Waals surface area contributed by atoms with Gasteiger partial charge in [-0.3, -0.25) is 4.79 Å². The van der Waals surface area contributed by atoms with Gasteiger partial charge < -0.3 is 10.6 Å². The molecule has 0 spiro atoms. The van der Waals surface area contributed by atoms with E-state index >= 15 is 0 Å². The lowest BCUT2D eigenvalue weighted by Crippen LogP contribution is -2.31. The van der Waals surface area contributed by atoms with Crippen molar-refractivity contribution < 1.29 is 4.79 Å². The Bertz CT molecular complexity index is 426. The van der Waals surface area contributed by atoms with Gasteiger partial charge in [0.05, 0.1) is 6.04 Å². The average molecular weight is 216 g/mol. The van der Waals surface area contributed by atoms with E-state index in [9.17, 15) is 4.79 Å². The summed E-state index contributed by atoms with van der Waals surface area (Å²) in [4.78, 5) is 14.3. The Hall–Kier alpha value is -1.35. The summed E-state index contributed by atoms with van der Waals surface area (Å²) in [6.45, 7) is 0.634. The van der Waals surface area contributed by atoms with Gasteiger partial charge in [0.15, 0.2) is 0 Å². The number of nitrogens with zero attached hydrogens (tertiary/aromatic N) is 1. The highest BCUT2D eigenvalue weighted by atomic mass is 16.2. The molecule has 84 valence electrons. The number of benzene rings is 1. The van der Waals surface area contributed by atoms with Crippen LogP contribution >= 0.6 is 0 Å². The largest absolute Gasteiger partial charge is 0.330 e. The number of carbonyl (C=O) groups is 1. The number of nitrogens with two attached hydrogens (primary N) is 1. The van der Waals surface area contributed by atoms with Gasteiger partial charge in [-0.1, -0.05) is 18.2 Å². The smallest absolute Gasteiger partial charge is 0.254 e. The molecular formula is C13H16N2O. The van der Waals surface area contributed by atoms with Crippen molar-refractivity contribution in [3.05, 3.63) is 35.4 Å². The van der Waals surface area contributed by atoms with E-state index in [2.05, 4.69) is 11.0 Å². The quantitative estimate of drug-likeness (QED) is 0.835. The lowest BCUT2D eigenvalue weighted by Gasteiger charge is -2.24. The maximum atomic E-state index is 12.2. The minimum Gasteiger partial charge on any atom is -0.330 e. The van der Waals surface area contributed by atoms with Gasteiger partial charge in [-0.15, -0.1) is 0 Å². The van der Waals surface area contributed by atoms with Crippen LogP contribution in [-0.4, -0.2) is 23.4 Å². The van der Waals surface area contributed by atoms with Gasteiger partial charge in [-0.2, -0.15) is 0 Å². The Kier molecular flexibility index (Phi) is 2.21. The molecule has 1 unspecified atom stereocenters. The van der Waals surface area contributed by atoms with Crippen LogP contribution in [0.3, 0.4) is 0 Å². The highest BCUT2D eigenvalue weighted by molar-refractivity contribution is 5.99. The first kappa shape index (κ1) is 9.85. The third kappa shape index (κ3) is 1.35. The summed E-state index contributed by atoms with van der Waals surface area (Å²) in [5, 5.41) is 0. The summed E-state index contributed by atoms with van der Waals surface area (Å²) in [7, 11) is 0. The van der Waals surface area contributed by atoms with E-state index in [1.165, 1.54) is 5.56 Å². The van der Waals surface area contributed by atoms with Crippen LogP contribution < -0.4 is 5.73 Å². The average Bonchev–Trinajstić information content (AvgIpc) is 3.09. The van der Waals surface area contributed by atoms with E-state index in [0.717, 1.165) is 24.8 Å². The fraction of sp³-hybridized carbons (Fsp3) is 0.462. The molecular weight excluding hydrogens is 200 g/mol. The Morgan fingerprint density at radius 2 is 2.06 bits per heavy atom. The Morgan fingerprint density at radius 3 is 2.75 bits per heavy atom. The van der Waals surface area contributed by atoms with Crippen molar-refractivity contribution in [3.8, 4) is 0 Å². The Labute approximate surface area is 95.2 Å². The molecule has 1 amide bonds. The maximum Gasteiger partial charge on any atom is 0.254 e. The summed E-state index contributed by atoms with van der Waals surface area (Å²) >= 11 is 0. The lowest BCUT2D eigenvalue weighted by molar-refractivity contribution is 0.0704. The number of hydrogen-bond acceptors (Lipinski definition) is 2. The normalized spacial score (nSPS) is 23.7. The summed E-state index contributed by atoms with van der Waals surface area (Å²) in [5.41, 5.74) is 7.71. The van der Waals surface area contributed by atoms with Gasteiger partial charge in [-0.05, 0) is 37.4 Å². The standard InChI is InChI=1S/C13H16N2O/c14-8-7-12-10-3-1-2-4-11(10)13(16)15(12)9-5-6-9/h1-4,9,12H,5-8,14H2. The van der Waals surface area contributed by atoms with Crippen molar-refractivity contribution in [1.82, 2.24) is 4.90 Å². The van der Waals surface area contributed by atoms with Crippen LogP contribution in [0.15, 0.2) is 24.3 Å². The highest BCUT2D eigenvalue weighted by Crippen LogP contribution is 2.42. The molecule has 1 aliphatic heterocycles. The number of rotatable bonds is 3. The maximum absolute atomic E-state index is 12.2. The fourth-order valence-corrected chi connectivity index (χ4v) is 2.64. The molecule has 3 nitrogen and oxygen atoms in total. The van der Waals surface area contributed by atoms with Crippen LogP contribution in [0.2, 0.25) is 0 Å². The van der Waals surface area contributed by atoms with Crippen LogP contribution in [0.1, 0.15) is 41.2 Å². The monoisotopic (exact) mass is 216 g/mol. The number of fused-ring (bicyclic) bond motifs is 1. The zero-order valence-corrected chi connectivity index (χ0v) is 9.23. The summed E-state index contributed by atoms with van der Waals surface area (Å²) in [5.74, 6) is 0.205. The molecule has 1 saturated carbocycles. The molecule has 1 aliphatic carbocycles. The number of amides is 1. The van der Waals surface area contributed by atoms with Crippen LogP contribution in [0.4, 0.5) is 0 Å². The first-order valence-corrected chi connectivity index (χ1v) is 5.94. The van der Waals surface area contributed by atoms with E-state index in [1.807, 2.05) is 18.2 Å². The van der Waals surface area contributed by atoms with Gasteiger partial charge in [-0.25, -0.2) is 0 Å². The van der Waals surface area contributed by atoms with E-state index in [0.29, 0.717) is 12.6 Å². The molecule has 1 atom stereocenters. The van der Waals surface area contributed by atoms with Crippen molar-refractivity contribution in [3.63, 3.8) is 0 Å². The lowest BCUT2D eigenvalue weighted by atomic mass is 10.0. The molecule has 16 heavy (non-hydrogen) atoms. The second-order valence-corrected chi connectivity index (χ2v) is 4.62. The first-order valence-electron chi connectivity index (χ1n) is 5.94. The first-order chi connectivity index (χ1) is 7.83. The van der Waals surface area contributed by atoms with Gasteiger partial charge in [0, 0.05) is 11.6 Å². The predicted octanol–water partition coefficient (Wildman–Crippen LogP) is 1.69. The number of hydrogen-bond donors (Lipinski definition) is 1. The second kappa shape index (κ2) is 3.59. The van der Waals surface area contributed by atoms with Crippen LogP contribution in [0.5, 0.6) is 0 Å². The zero-order valence-electron chi connectivity index (χ0n) is 9.23. The summed E-state index contributed by atoms with van der Waals surface area (Å²) < 4.78 is 0. The molecule has 0 bridgehead atoms. The summed E-state index contributed by atoms with van der Waals surface area (Å²) in [6, 6.07) is 8.63. The fourth-order valence-electron chi connectivity index (χ4n) is 2.64. The van der Waals surface area contributed by atoms with Crippen molar-refractivity contribution in [2.75, 3.05) is 6.54 Å².